The van der Waals surface area contributed by atoms with Crippen LogP contribution < -0.4 is 9.21 Å². The van der Waals surface area contributed by atoms with Gasteiger partial charge in [-0.05, 0) is 61.4 Å². The molecule has 1 amide bonds. The van der Waals surface area contributed by atoms with Crippen molar-refractivity contribution in [2.75, 3.05) is 47.7 Å². The van der Waals surface area contributed by atoms with Gasteiger partial charge in [-0.25, -0.2) is 13.4 Å². The second-order valence-electron chi connectivity index (χ2n) is 9.05. The van der Waals surface area contributed by atoms with E-state index in [1.54, 1.807) is 17.0 Å². The van der Waals surface area contributed by atoms with Gasteiger partial charge in [0.1, 0.15) is 11.9 Å². The summed E-state index contributed by atoms with van der Waals surface area (Å²) in [7, 11) is -3.34. The lowest BCUT2D eigenvalue weighted by Crippen LogP contribution is -2.49. The second-order valence-corrected chi connectivity index (χ2v) is 11.1. The fraction of sp³-hybridized carbons (Fsp3) is 0.458. The first-order valence-electron chi connectivity index (χ1n) is 11.4. The van der Waals surface area contributed by atoms with Gasteiger partial charge in [0, 0.05) is 38.9 Å². The molecule has 3 heterocycles. The maximum atomic E-state index is 13.2. The van der Waals surface area contributed by atoms with E-state index in [0.717, 1.165) is 5.82 Å². The number of anilines is 2. The van der Waals surface area contributed by atoms with Gasteiger partial charge >= 0.3 is 0 Å². The van der Waals surface area contributed by atoms with Crippen molar-refractivity contribution in [3.8, 4) is 6.07 Å². The van der Waals surface area contributed by atoms with Gasteiger partial charge in [0.15, 0.2) is 0 Å². The molecule has 1 aliphatic carbocycles. The Hall–Kier alpha value is -3.12. The Morgan fingerprint density at radius 2 is 1.88 bits per heavy atom. The van der Waals surface area contributed by atoms with E-state index in [9.17, 15) is 18.5 Å². The zero-order chi connectivity index (χ0) is 23.2. The lowest BCUT2D eigenvalue weighted by Gasteiger charge is -2.36. The summed E-state index contributed by atoms with van der Waals surface area (Å²) in [4.78, 5) is 21.9. The molecule has 0 bridgehead atoms. The highest BCUT2D eigenvalue weighted by molar-refractivity contribution is 7.93. The smallest absolute Gasteiger partial charge is 0.255 e. The summed E-state index contributed by atoms with van der Waals surface area (Å²) >= 11 is 0. The van der Waals surface area contributed by atoms with Crippen molar-refractivity contribution in [3.05, 3.63) is 52.7 Å². The minimum Gasteiger partial charge on any atom is -0.353 e. The first kappa shape index (κ1) is 21.7. The highest BCUT2D eigenvalue weighted by Gasteiger charge is 2.31. The number of amides is 1. The van der Waals surface area contributed by atoms with Crippen LogP contribution in [0.4, 0.5) is 11.5 Å². The van der Waals surface area contributed by atoms with Crippen molar-refractivity contribution in [1.29, 1.82) is 5.26 Å². The molecule has 5 rings (SSSR count). The summed E-state index contributed by atoms with van der Waals surface area (Å²) in [6.07, 6.45) is 5.05. The van der Waals surface area contributed by atoms with Crippen LogP contribution in [0.5, 0.6) is 0 Å². The largest absolute Gasteiger partial charge is 0.353 e. The summed E-state index contributed by atoms with van der Waals surface area (Å²) in [6, 6.07) is 9.04. The van der Waals surface area contributed by atoms with E-state index in [-0.39, 0.29) is 17.2 Å². The third-order valence-corrected chi connectivity index (χ3v) is 8.60. The van der Waals surface area contributed by atoms with Crippen LogP contribution in [-0.2, 0) is 10.0 Å². The van der Waals surface area contributed by atoms with Gasteiger partial charge in [-0.15, -0.1) is 0 Å². The molecule has 1 aromatic heterocycles. The molecule has 2 saturated heterocycles. The summed E-state index contributed by atoms with van der Waals surface area (Å²) in [6.45, 7) is 4.92. The van der Waals surface area contributed by atoms with Gasteiger partial charge in [-0.2, -0.15) is 5.26 Å². The van der Waals surface area contributed by atoms with Crippen LogP contribution in [0.3, 0.4) is 0 Å². The summed E-state index contributed by atoms with van der Waals surface area (Å²) < 4.78 is 25.7. The highest BCUT2D eigenvalue weighted by Crippen LogP contribution is 2.40. The number of nitrogens with zero attached hydrogens (tertiary/aromatic N) is 5. The normalized spacial score (nSPS) is 20.1. The first-order valence-corrected chi connectivity index (χ1v) is 13.0. The number of nitriles is 1. The Bertz CT molecular complexity index is 1240. The number of pyridine rings is 1. The van der Waals surface area contributed by atoms with E-state index in [0.29, 0.717) is 56.3 Å². The molecule has 1 aromatic carbocycles. The summed E-state index contributed by atoms with van der Waals surface area (Å²) in [5.41, 5.74) is 3.45. The van der Waals surface area contributed by atoms with Crippen LogP contribution in [0, 0.1) is 18.3 Å². The van der Waals surface area contributed by atoms with Crippen molar-refractivity contribution in [3.63, 3.8) is 0 Å². The topological polar surface area (TPSA) is 97.6 Å². The molecular weight excluding hydrogens is 438 g/mol. The molecule has 3 aliphatic rings. The fourth-order valence-corrected chi connectivity index (χ4v) is 6.30. The number of carbonyl (C=O) groups is 1. The molecule has 8 nitrogen and oxygen atoms in total. The average molecular weight is 466 g/mol. The van der Waals surface area contributed by atoms with Gasteiger partial charge < -0.3 is 9.80 Å². The van der Waals surface area contributed by atoms with Gasteiger partial charge in [0.2, 0.25) is 10.0 Å². The third-order valence-electron chi connectivity index (χ3n) is 6.73. The van der Waals surface area contributed by atoms with Crippen LogP contribution in [0.2, 0.25) is 0 Å². The molecule has 0 radical (unpaired) electrons. The summed E-state index contributed by atoms with van der Waals surface area (Å²) in [5.74, 6) is 1.56. The zero-order valence-corrected chi connectivity index (χ0v) is 19.5. The summed E-state index contributed by atoms with van der Waals surface area (Å²) in [5, 5.41) is 9.64. The van der Waals surface area contributed by atoms with E-state index in [2.05, 4.69) is 24.0 Å². The predicted molar refractivity (Wildman–Crippen MR) is 126 cm³/mol. The maximum absolute atomic E-state index is 13.2. The van der Waals surface area contributed by atoms with Crippen molar-refractivity contribution in [2.45, 2.75) is 32.1 Å². The van der Waals surface area contributed by atoms with Gasteiger partial charge in [-0.3, -0.25) is 9.10 Å². The van der Waals surface area contributed by atoms with Crippen LogP contribution in [0.25, 0.3) is 0 Å². The molecule has 172 valence electrons. The van der Waals surface area contributed by atoms with Crippen molar-refractivity contribution in [2.24, 2.45) is 0 Å². The number of hydrogen-bond acceptors (Lipinski definition) is 6. The van der Waals surface area contributed by atoms with E-state index < -0.39 is 10.0 Å². The number of benzene rings is 1. The van der Waals surface area contributed by atoms with E-state index >= 15 is 0 Å². The first-order chi connectivity index (χ1) is 15.9. The molecule has 9 heteroatoms. The molecule has 0 spiro atoms. The van der Waals surface area contributed by atoms with Gasteiger partial charge in [-0.1, -0.05) is 6.07 Å². The molecule has 2 aromatic rings. The number of aryl methyl sites for hydroxylation is 1. The number of aromatic nitrogens is 1. The zero-order valence-electron chi connectivity index (χ0n) is 18.7. The number of carbonyl (C=O) groups excluding carboxylic acids is 1. The standard InChI is InChI=1S/C24H27N5O3S/c1-17-13-20(18-3-4-18)16-26-23(17)27-8-10-28(11-9-27)24(30)22-6-5-21(14-19(22)15-25)29-7-2-12-33(29,31)32/h5-6,13-14,16,18H,2-4,7-12H2,1H3. The maximum Gasteiger partial charge on any atom is 0.255 e. The van der Waals surface area contributed by atoms with Crippen molar-refractivity contribution >= 4 is 27.4 Å². The van der Waals surface area contributed by atoms with E-state index in [4.69, 9.17) is 4.98 Å². The van der Waals surface area contributed by atoms with E-state index in [1.165, 1.54) is 34.3 Å². The SMILES string of the molecule is Cc1cc(C2CC2)cnc1N1CCN(C(=O)c2ccc(N3CCCS3(=O)=O)cc2C#N)CC1. The minimum atomic E-state index is -3.34. The Kier molecular flexibility index (Phi) is 5.49. The van der Waals surface area contributed by atoms with Crippen molar-refractivity contribution < 1.29 is 13.2 Å². The number of sulfonamides is 1. The molecule has 0 N–H and O–H groups in total. The monoisotopic (exact) mass is 465 g/mol. The van der Waals surface area contributed by atoms with Crippen LogP contribution >= 0.6 is 0 Å². The van der Waals surface area contributed by atoms with Crippen LogP contribution in [0.1, 0.15) is 52.2 Å². The Labute approximate surface area is 194 Å². The van der Waals surface area contributed by atoms with Crippen LogP contribution in [-0.4, -0.2) is 62.7 Å². The lowest BCUT2D eigenvalue weighted by atomic mass is 10.1. The Morgan fingerprint density at radius 3 is 2.48 bits per heavy atom. The second kappa shape index (κ2) is 8.34. The molecule has 2 aliphatic heterocycles. The third kappa shape index (κ3) is 4.15. The van der Waals surface area contributed by atoms with E-state index in [1.807, 2.05) is 6.20 Å². The average Bonchev–Trinajstić information content (AvgIpc) is 3.61. The number of hydrogen-bond donors (Lipinski definition) is 0. The Balaban J connectivity index is 1.28. The molecule has 33 heavy (non-hydrogen) atoms. The molecule has 0 unspecified atom stereocenters. The minimum absolute atomic E-state index is 0.109. The lowest BCUT2D eigenvalue weighted by molar-refractivity contribution is 0.0746. The quantitative estimate of drug-likeness (QED) is 0.689. The molecule has 0 atom stereocenters. The highest BCUT2D eigenvalue weighted by atomic mass is 32.2. The number of piperazine rings is 1. The predicted octanol–water partition coefficient (Wildman–Crippen LogP) is 2.64. The van der Waals surface area contributed by atoms with Crippen molar-refractivity contribution in [1.82, 2.24) is 9.88 Å². The van der Waals surface area contributed by atoms with Gasteiger partial charge in [0.05, 0.1) is 22.6 Å². The number of rotatable bonds is 4. The Morgan fingerprint density at radius 1 is 1.12 bits per heavy atom. The van der Waals surface area contributed by atoms with Crippen LogP contribution in [0.15, 0.2) is 30.5 Å². The molecular formula is C24H27N5O3S. The fourth-order valence-electron chi connectivity index (χ4n) is 4.75. The molecule has 1 saturated carbocycles. The molecule has 3 fully saturated rings. The van der Waals surface area contributed by atoms with Gasteiger partial charge in [0.25, 0.3) is 5.91 Å².